The predicted molar refractivity (Wildman–Crippen MR) is 76.5 cm³/mol. The normalized spacial score (nSPS) is 24.1. The minimum Gasteiger partial charge on any atom is -0.491 e. The summed E-state index contributed by atoms with van der Waals surface area (Å²) in [5.74, 6) is 0.532. The molecule has 0 aromatic heterocycles. The average Bonchev–Trinajstić information content (AvgIpc) is 2.69. The Morgan fingerprint density at radius 1 is 1.30 bits per heavy atom. The number of amides is 1. The van der Waals surface area contributed by atoms with E-state index in [1.54, 1.807) is 0 Å². The Morgan fingerprint density at radius 3 is 3.00 bits per heavy atom. The highest BCUT2D eigenvalue weighted by Gasteiger charge is 2.26. The summed E-state index contributed by atoms with van der Waals surface area (Å²) >= 11 is 3.64. The number of carbonyl (C=O) groups is 1. The highest BCUT2D eigenvalue weighted by atomic mass is 79.9. The Kier molecular flexibility index (Phi) is 4.24. The van der Waals surface area contributed by atoms with E-state index in [4.69, 9.17) is 14.2 Å². The van der Waals surface area contributed by atoms with Crippen LogP contribution < -0.4 is 10.1 Å². The molecule has 2 aliphatic heterocycles. The van der Waals surface area contributed by atoms with Gasteiger partial charge < -0.3 is 19.5 Å². The highest BCUT2D eigenvalue weighted by molar-refractivity contribution is 9.09. The fraction of sp³-hybridized carbons (Fsp3) is 0.500. The first kappa shape index (κ1) is 13.9. The lowest BCUT2D eigenvalue weighted by Gasteiger charge is -2.27. The van der Waals surface area contributed by atoms with Gasteiger partial charge in [0.2, 0.25) is 0 Å². The van der Waals surface area contributed by atoms with E-state index in [1.165, 1.54) is 0 Å². The molecule has 1 amide bonds. The van der Waals surface area contributed by atoms with Crippen molar-refractivity contribution in [3.8, 4) is 5.75 Å². The van der Waals surface area contributed by atoms with Gasteiger partial charge in [0.25, 0.3) is 5.91 Å². The molecule has 0 aliphatic carbocycles. The molecule has 2 heterocycles. The van der Waals surface area contributed by atoms with E-state index in [9.17, 15) is 4.79 Å². The summed E-state index contributed by atoms with van der Waals surface area (Å²) in [4.78, 5) is 12.0. The summed E-state index contributed by atoms with van der Waals surface area (Å²) < 4.78 is 16.7. The maximum absolute atomic E-state index is 12.0. The van der Waals surface area contributed by atoms with Gasteiger partial charge in [-0.25, -0.2) is 0 Å². The van der Waals surface area contributed by atoms with E-state index in [-0.39, 0.29) is 16.8 Å². The van der Waals surface area contributed by atoms with Crippen LogP contribution in [0.3, 0.4) is 0 Å². The van der Waals surface area contributed by atoms with Crippen molar-refractivity contribution in [2.24, 2.45) is 0 Å². The Morgan fingerprint density at radius 2 is 2.20 bits per heavy atom. The number of ether oxygens (including phenoxy) is 3. The summed E-state index contributed by atoms with van der Waals surface area (Å²) in [6.45, 7) is 2.81. The highest BCUT2D eigenvalue weighted by Crippen LogP contribution is 2.33. The number of carbonyl (C=O) groups excluding carboxylic acids is 1. The first-order valence-corrected chi connectivity index (χ1v) is 7.55. The van der Waals surface area contributed by atoms with E-state index in [2.05, 4.69) is 21.2 Å². The van der Waals surface area contributed by atoms with Gasteiger partial charge in [-0.3, -0.25) is 4.79 Å². The van der Waals surface area contributed by atoms with Gasteiger partial charge in [-0.15, -0.1) is 0 Å². The second-order valence-corrected chi connectivity index (χ2v) is 5.73. The van der Waals surface area contributed by atoms with Crippen molar-refractivity contribution in [3.05, 3.63) is 29.3 Å². The second kappa shape index (κ2) is 6.11. The molecule has 2 unspecified atom stereocenters. The molecule has 5 nitrogen and oxygen atoms in total. The SMILES string of the molecule is O=C1NCCOc2ccc(C(Br)C3COCCO3)cc21. The number of hydrogen-bond donors (Lipinski definition) is 1. The number of halogens is 1. The molecule has 3 rings (SSSR count). The molecule has 0 saturated carbocycles. The Bertz CT molecular complexity index is 502. The lowest BCUT2D eigenvalue weighted by molar-refractivity contribution is -0.0876. The Balaban J connectivity index is 1.85. The van der Waals surface area contributed by atoms with Gasteiger partial charge in [-0.1, -0.05) is 22.0 Å². The van der Waals surface area contributed by atoms with E-state index < -0.39 is 0 Å². The van der Waals surface area contributed by atoms with Crippen LogP contribution in [0.2, 0.25) is 0 Å². The van der Waals surface area contributed by atoms with Crippen LogP contribution in [0.15, 0.2) is 18.2 Å². The van der Waals surface area contributed by atoms with Crippen molar-refractivity contribution < 1.29 is 19.0 Å². The molecule has 0 radical (unpaired) electrons. The van der Waals surface area contributed by atoms with E-state index in [1.807, 2.05) is 18.2 Å². The van der Waals surface area contributed by atoms with Crippen LogP contribution >= 0.6 is 15.9 Å². The van der Waals surface area contributed by atoms with Crippen LogP contribution in [0, 0.1) is 0 Å². The molecule has 0 spiro atoms. The smallest absolute Gasteiger partial charge is 0.255 e. The number of nitrogens with one attached hydrogen (secondary N) is 1. The molecule has 0 bridgehead atoms. The largest absolute Gasteiger partial charge is 0.491 e. The van der Waals surface area contributed by atoms with Crippen LogP contribution in [-0.4, -0.2) is 45.0 Å². The van der Waals surface area contributed by atoms with E-state index >= 15 is 0 Å². The minimum absolute atomic E-state index is 0.0100. The standard InChI is InChI=1S/C14H16BrNO4/c15-13(12-8-18-5-6-20-12)9-1-2-11-10(7-9)14(17)16-3-4-19-11/h1-2,7,12-13H,3-6,8H2,(H,16,17). The molecule has 1 saturated heterocycles. The first-order chi connectivity index (χ1) is 9.75. The Labute approximate surface area is 125 Å². The first-order valence-electron chi connectivity index (χ1n) is 6.64. The van der Waals surface area contributed by atoms with Gasteiger partial charge in [0.15, 0.2) is 0 Å². The van der Waals surface area contributed by atoms with Crippen molar-refractivity contribution in [2.45, 2.75) is 10.9 Å². The van der Waals surface area contributed by atoms with Crippen LogP contribution in [0.4, 0.5) is 0 Å². The molecule has 6 heteroatoms. The van der Waals surface area contributed by atoms with Crippen molar-refractivity contribution in [3.63, 3.8) is 0 Å². The van der Waals surface area contributed by atoms with Gasteiger partial charge >= 0.3 is 0 Å². The third kappa shape index (κ3) is 2.82. The molecule has 1 aromatic rings. The molecule has 1 fully saturated rings. The van der Waals surface area contributed by atoms with Gasteiger partial charge in [0.1, 0.15) is 12.4 Å². The van der Waals surface area contributed by atoms with Gasteiger partial charge in [0.05, 0.1) is 42.9 Å². The van der Waals surface area contributed by atoms with Gasteiger partial charge in [-0.2, -0.15) is 0 Å². The molecule has 2 atom stereocenters. The molecule has 2 aliphatic rings. The van der Waals surface area contributed by atoms with E-state index in [0.717, 1.165) is 5.56 Å². The number of alkyl halides is 1. The van der Waals surface area contributed by atoms with Crippen LogP contribution in [0.25, 0.3) is 0 Å². The lowest BCUT2D eigenvalue weighted by Crippen LogP contribution is -2.31. The summed E-state index contributed by atoms with van der Waals surface area (Å²) in [6.07, 6.45) is -0.0449. The number of rotatable bonds is 2. The zero-order valence-corrected chi connectivity index (χ0v) is 12.5. The number of hydrogen-bond acceptors (Lipinski definition) is 4. The summed E-state index contributed by atoms with van der Waals surface area (Å²) in [5.41, 5.74) is 1.56. The minimum atomic E-state index is -0.0973. The third-order valence-corrected chi connectivity index (χ3v) is 4.50. The van der Waals surface area contributed by atoms with Crippen LogP contribution in [0.5, 0.6) is 5.75 Å². The molecule has 108 valence electrons. The average molecular weight is 342 g/mol. The molecular formula is C14H16BrNO4. The third-order valence-electron chi connectivity index (χ3n) is 3.38. The molecule has 20 heavy (non-hydrogen) atoms. The van der Waals surface area contributed by atoms with Crippen molar-refractivity contribution >= 4 is 21.8 Å². The fourth-order valence-electron chi connectivity index (χ4n) is 2.33. The maximum Gasteiger partial charge on any atom is 0.255 e. The van der Waals surface area contributed by atoms with Crippen LogP contribution in [0.1, 0.15) is 20.7 Å². The molecular weight excluding hydrogens is 326 g/mol. The Hall–Kier alpha value is -1.11. The monoisotopic (exact) mass is 341 g/mol. The topological polar surface area (TPSA) is 56.8 Å². The quantitative estimate of drug-likeness (QED) is 0.831. The number of fused-ring (bicyclic) bond motifs is 1. The van der Waals surface area contributed by atoms with Crippen molar-refractivity contribution in [1.82, 2.24) is 5.32 Å². The summed E-state index contributed by atoms with van der Waals surface area (Å²) in [7, 11) is 0. The zero-order chi connectivity index (χ0) is 13.9. The fourth-order valence-corrected chi connectivity index (χ4v) is 2.92. The summed E-state index contributed by atoms with van der Waals surface area (Å²) in [5, 5.41) is 2.81. The predicted octanol–water partition coefficient (Wildman–Crippen LogP) is 1.66. The zero-order valence-electron chi connectivity index (χ0n) is 10.9. The van der Waals surface area contributed by atoms with E-state index in [0.29, 0.717) is 44.3 Å². The maximum atomic E-state index is 12.0. The van der Waals surface area contributed by atoms with Crippen molar-refractivity contribution in [2.75, 3.05) is 33.0 Å². The van der Waals surface area contributed by atoms with Crippen LogP contribution in [-0.2, 0) is 9.47 Å². The second-order valence-electron chi connectivity index (χ2n) is 4.75. The molecule has 1 aromatic carbocycles. The summed E-state index contributed by atoms with van der Waals surface area (Å²) in [6, 6.07) is 5.65. The lowest BCUT2D eigenvalue weighted by atomic mass is 10.0. The number of benzene rings is 1. The van der Waals surface area contributed by atoms with Crippen molar-refractivity contribution in [1.29, 1.82) is 0 Å². The molecule has 1 N–H and O–H groups in total. The van der Waals surface area contributed by atoms with Gasteiger partial charge in [0, 0.05) is 0 Å². The van der Waals surface area contributed by atoms with Gasteiger partial charge in [-0.05, 0) is 17.7 Å².